The number of piperazine rings is 1. The highest BCUT2D eigenvalue weighted by molar-refractivity contribution is 5.94. The fourth-order valence-electron chi connectivity index (χ4n) is 3.33. The van der Waals surface area contributed by atoms with Crippen LogP contribution in [0, 0.1) is 18.6 Å². The number of carbonyl (C=O) groups is 2. The predicted molar refractivity (Wildman–Crippen MR) is 107 cm³/mol. The van der Waals surface area contributed by atoms with Gasteiger partial charge in [0.15, 0.2) is 0 Å². The summed E-state index contributed by atoms with van der Waals surface area (Å²) in [6.45, 7) is 5.67. The van der Waals surface area contributed by atoms with Crippen LogP contribution in [0.25, 0.3) is 0 Å². The van der Waals surface area contributed by atoms with Crippen molar-refractivity contribution in [2.75, 3.05) is 31.5 Å². The number of carbonyl (C=O) groups excluding carboxylic acids is 2. The molecule has 1 aliphatic heterocycles. The van der Waals surface area contributed by atoms with Crippen LogP contribution in [0.5, 0.6) is 0 Å². The second kappa shape index (κ2) is 9.13. The first kappa shape index (κ1) is 20.9. The Kier molecular flexibility index (Phi) is 6.59. The second-order valence-corrected chi connectivity index (χ2v) is 7.35. The standard InChI is InChI=1S/C22H25F2N3O2/c1-15-3-8-19(14-20(15)24)25-22(29)16(2)26-9-11-27(12-10-26)21(28)13-17-4-6-18(23)7-5-17/h3-8,14,16H,9-13H2,1-2H3,(H,25,29). The molecule has 1 saturated heterocycles. The first-order chi connectivity index (χ1) is 13.8. The third-order valence-corrected chi connectivity index (χ3v) is 5.30. The van der Waals surface area contributed by atoms with Gasteiger partial charge in [0.25, 0.3) is 0 Å². The summed E-state index contributed by atoms with van der Waals surface area (Å²) in [7, 11) is 0. The van der Waals surface area contributed by atoms with Gasteiger partial charge in [-0.15, -0.1) is 0 Å². The molecular formula is C22H25F2N3O2. The highest BCUT2D eigenvalue weighted by Crippen LogP contribution is 2.15. The highest BCUT2D eigenvalue weighted by Gasteiger charge is 2.27. The Bertz CT molecular complexity index is 878. The fourth-order valence-corrected chi connectivity index (χ4v) is 3.33. The molecule has 154 valence electrons. The van der Waals surface area contributed by atoms with E-state index < -0.39 is 6.04 Å². The molecule has 1 unspecified atom stereocenters. The normalized spacial score (nSPS) is 15.8. The third-order valence-electron chi connectivity index (χ3n) is 5.30. The molecule has 1 fully saturated rings. The lowest BCUT2D eigenvalue weighted by Crippen LogP contribution is -2.54. The summed E-state index contributed by atoms with van der Waals surface area (Å²) in [5, 5.41) is 2.75. The molecule has 0 bridgehead atoms. The smallest absolute Gasteiger partial charge is 0.241 e. The van der Waals surface area contributed by atoms with Crippen LogP contribution in [0.1, 0.15) is 18.1 Å². The van der Waals surface area contributed by atoms with Crippen molar-refractivity contribution in [2.45, 2.75) is 26.3 Å². The van der Waals surface area contributed by atoms with E-state index in [4.69, 9.17) is 0 Å². The molecule has 1 heterocycles. The van der Waals surface area contributed by atoms with Crippen molar-refractivity contribution in [2.24, 2.45) is 0 Å². The Morgan fingerprint density at radius 1 is 1.03 bits per heavy atom. The zero-order valence-corrected chi connectivity index (χ0v) is 16.6. The number of nitrogens with zero attached hydrogens (tertiary/aromatic N) is 2. The molecule has 2 amide bonds. The van der Waals surface area contributed by atoms with Crippen LogP contribution < -0.4 is 5.32 Å². The number of benzene rings is 2. The molecule has 5 nitrogen and oxygen atoms in total. The summed E-state index contributed by atoms with van der Waals surface area (Å²) in [6, 6.07) is 10.1. The fraction of sp³-hybridized carbons (Fsp3) is 0.364. The predicted octanol–water partition coefficient (Wildman–Crippen LogP) is 2.99. The molecular weight excluding hydrogens is 376 g/mol. The third kappa shape index (κ3) is 5.38. The molecule has 1 atom stereocenters. The lowest BCUT2D eigenvalue weighted by atomic mass is 10.1. The quantitative estimate of drug-likeness (QED) is 0.838. The second-order valence-electron chi connectivity index (χ2n) is 7.35. The number of hydrogen-bond acceptors (Lipinski definition) is 3. The number of hydrogen-bond donors (Lipinski definition) is 1. The first-order valence-electron chi connectivity index (χ1n) is 9.67. The summed E-state index contributed by atoms with van der Waals surface area (Å²) in [5.74, 6) is -0.901. The largest absolute Gasteiger partial charge is 0.340 e. The van der Waals surface area contributed by atoms with Gasteiger partial charge in [-0.1, -0.05) is 18.2 Å². The van der Waals surface area contributed by atoms with E-state index in [9.17, 15) is 18.4 Å². The van der Waals surface area contributed by atoms with Crippen LogP contribution >= 0.6 is 0 Å². The van der Waals surface area contributed by atoms with Crippen LogP contribution in [0.2, 0.25) is 0 Å². The summed E-state index contributed by atoms with van der Waals surface area (Å²) >= 11 is 0. The number of anilines is 1. The minimum Gasteiger partial charge on any atom is -0.340 e. The Labute approximate surface area is 169 Å². The van der Waals surface area contributed by atoms with Crippen LogP contribution in [-0.2, 0) is 16.0 Å². The van der Waals surface area contributed by atoms with Gasteiger partial charge in [-0.3, -0.25) is 14.5 Å². The summed E-state index contributed by atoms with van der Waals surface area (Å²) < 4.78 is 26.6. The van der Waals surface area contributed by atoms with E-state index in [-0.39, 0.29) is 29.9 Å². The van der Waals surface area contributed by atoms with E-state index in [1.54, 1.807) is 43.0 Å². The lowest BCUT2D eigenvalue weighted by molar-refractivity contribution is -0.133. The van der Waals surface area contributed by atoms with Crippen molar-refractivity contribution in [3.8, 4) is 0 Å². The Morgan fingerprint density at radius 2 is 1.69 bits per heavy atom. The SMILES string of the molecule is Cc1ccc(NC(=O)C(C)N2CCN(C(=O)Cc3ccc(F)cc3)CC2)cc1F. The molecule has 0 radical (unpaired) electrons. The molecule has 1 N–H and O–H groups in total. The Morgan fingerprint density at radius 3 is 2.31 bits per heavy atom. The van der Waals surface area contributed by atoms with Gasteiger partial charge < -0.3 is 10.2 Å². The minimum atomic E-state index is -0.395. The van der Waals surface area contributed by atoms with Crippen molar-refractivity contribution in [3.63, 3.8) is 0 Å². The van der Waals surface area contributed by atoms with Gasteiger partial charge in [0.2, 0.25) is 11.8 Å². The zero-order valence-electron chi connectivity index (χ0n) is 16.6. The van der Waals surface area contributed by atoms with E-state index in [0.29, 0.717) is 37.4 Å². The number of halogens is 2. The van der Waals surface area contributed by atoms with Crippen molar-refractivity contribution < 1.29 is 18.4 Å². The molecule has 2 aromatic carbocycles. The molecule has 1 aliphatic rings. The first-order valence-corrected chi connectivity index (χ1v) is 9.67. The maximum atomic E-state index is 13.7. The monoisotopic (exact) mass is 401 g/mol. The topological polar surface area (TPSA) is 52.7 Å². The number of nitrogens with one attached hydrogen (secondary N) is 1. The minimum absolute atomic E-state index is 0.0107. The van der Waals surface area contributed by atoms with E-state index in [1.165, 1.54) is 18.2 Å². The van der Waals surface area contributed by atoms with Gasteiger partial charge >= 0.3 is 0 Å². The molecule has 0 aromatic heterocycles. The average Bonchev–Trinajstić information content (AvgIpc) is 2.72. The van der Waals surface area contributed by atoms with E-state index in [2.05, 4.69) is 5.32 Å². The van der Waals surface area contributed by atoms with E-state index >= 15 is 0 Å². The van der Waals surface area contributed by atoms with Crippen molar-refractivity contribution >= 4 is 17.5 Å². The highest BCUT2D eigenvalue weighted by atomic mass is 19.1. The molecule has 0 spiro atoms. The molecule has 3 rings (SSSR count). The number of amides is 2. The van der Waals surface area contributed by atoms with Crippen molar-refractivity contribution in [1.82, 2.24) is 9.80 Å². The van der Waals surface area contributed by atoms with Crippen molar-refractivity contribution in [1.29, 1.82) is 0 Å². The Hall–Kier alpha value is -2.80. The summed E-state index contributed by atoms with van der Waals surface area (Å²) in [4.78, 5) is 28.7. The van der Waals surface area contributed by atoms with Crippen molar-refractivity contribution in [3.05, 3.63) is 65.2 Å². The molecule has 2 aromatic rings. The molecule has 7 heteroatoms. The number of rotatable bonds is 5. The van der Waals surface area contributed by atoms with Crippen LogP contribution in [-0.4, -0.2) is 53.8 Å². The molecule has 0 aliphatic carbocycles. The van der Waals surface area contributed by atoms with Gasteiger partial charge in [-0.2, -0.15) is 0 Å². The summed E-state index contributed by atoms with van der Waals surface area (Å²) in [5.41, 5.74) is 1.73. The van der Waals surface area contributed by atoms with Gasteiger partial charge in [0.05, 0.1) is 12.5 Å². The maximum Gasteiger partial charge on any atom is 0.241 e. The average molecular weight is 401 g/mol. The lowest BCUT2D eigenvalue weighted by Gasteiger charge is -2.37. The zero-order chi connectivity index (χ0) is 21.0. The van der Waals surface area contributed by atoms with Gasteiger partial charge in [0, 0.05) is 31.9 Å². The molecule has 29 heavy (non-hydrogen) atoms. The van der Waals surface area contributed by atoms with Crippen LogP contribution in [0.4, 0.5) is 14.5 Å². The van der Waals surface area contributed by atoms with Gasteiger partial charge in [0.1, 0.15) is 11.6 Å². The maximum absolute atomic E-state index is 13.7. The van der Waals surface area contributed by atoms with E-state index in [0.717, 1.165) is 5.56 Å². The van der Waals surface area contributed by atoms with Crippen LogP contribution in [0.15, 0.2) is 42.5 Å². The Balaban J connectivity index is 1.49. The van der Waals surface area contributed by atoms with E-state index in [1.807, 2.05) is 4.90 Å². The van der Waals surface area contributed by atoms with Crippen LogP contribution in [0.3, 0.4) is 0 Å². The van der Waals surface area contributed by atoms with Gasteiger partial charge in [-0.05, 0) is 49.2 Å². The summed E-state index contributed by atoms with van der Waals surface area (Å²) in [6.07, 6.45) is 0.231. The van der Waals surface area contributed by atoms with Gasteiger partial charge in [-0.25, -0.2) is 8.78 Å². The number of aryl methyl sites for hydroxylation is 1. The molecule has 0 saturated carbocycles.